The second kappa shape index (κ2) is 4.29. The molecule has 0 spiro atoms. The van der Waals surface area contributed by atoms with Gasteiger partial charge >= 0.3 is 5.97 Å². The lowest BCUT2D eigenvalue weighted by atomic mass is 9.91. The van der Waals surface area contributed by atoms with Crippen molar-refractivity contribution < 1.29 is 18.3 Å². The summed E-state index contributed by atoms with van der Waals surface area (Å²) in [5.74, 6) is -1.39. The van der Waals surface area contributed by atoms with Crippen LogP contribution >= 0.6 is 0 Å². The summed E-state index contributed by atoms with van der Waals surface area (Å²) in [6, 6.07) is 0. The van der Waals surface area contributed by atoms with Gasteiger partial charge in [-0.3, -0.25) is 4.79 Å². The predicted octanol–water partition coefficient (Wildman–Crippen LogP) is 1.06. The second-order valence-electron chi connectivity index (χ2n) is 4.08. The topological polar surface area (TPSA) is 71.4 Å². The summed E-state index contributed by atoms with van der Waals surface area (Å²) >= 11 is 0. The van der Waals surface area contributed by atoms with Crippen LogP contribution in [0.15, 0.2) is 0 Å². The van der Waals surface area contributed by atoms with Crippen molar-refractivity contribution in [2.24, 2.45) is 5.92 Å². The van der Waals surface area contributed by atoms with Crippen LogP contribution in [-0.2, 0) is 14.6 Å². The molecular weight excluding hydrogens is 204 g/mol. The Hall–Kier alpha value is -0.580. The first-order valence-corrected chi connectivity index (χ1v) is 6.56. The van der Waals surface area contributed by atoms with Gasteiger partial charge in [0.2, 0.25) is 0 Å². The van der Waals surface area contributed by atoms with Gasteiger partial charge in [0, 0.05) is 0 Å². The molecule has 0 atom stereocenters. The number of carbonyl (C=O) groups is 1. The Labute approximate surface area is 84.2 Å². The number of rotatable bonds is 3. The minimum atomic E-state index is -3.41. The minimum absolute atomic E-state index is 0.421. The van der Waals surface area contributed by atoms with Gasteiger partial charge in [-0.15, -0.1) is 0 Å². The molecule has 0 aromatic rings. The Bertz CT molecular complexity index is 299. The molecule has 0 saturated heterocycles. The first kappa shape index (κ1) is 11.5. The van der Waals surface area contributed by atoms with Gasteiger partial charge in [-0.2, -0.15) is 0 Å². The summed E-state index contributed by atoms with van der Waals surface area (Å²) in [6.07, 6.45) is 3.03. The molecule has 0 amide bonds. The molecule has 82 valence electrons. The number of hydrogen-bond donors (Lipinski definition) is 1. The molecule has 1 fully saturated rings. The molecule has 4 nitrogen and oxygen atoms in total. The van der Waals surface area contributed by atoms with Gasteiger partial charge in [-0.25, -0.2) is 8.42 Å². The van der Waals surface area contributed by atoms with Gasteiger partial charge in [0.1, 0.15) is 5.75 Å². The van der Waals surface area contributed by atoms with Gasteiger partial charge in [0.25, 0.3) is 0 Å². The van der Waals surface area contributed by atoms with Crippen LogP contribution in [0.2, 0.25) is 0 Å². The highest BCUT2D eigenvalue weighted by atomic mass is 32.2. The van der Waals surface area contributed by atoms with Gasteiger partial charge in [0.15, 0.2) is 9.84 Å². The Morgan fingerprint density at radius 2 is 1.79 bits per heavy atom. The average molecular weight is 220 g/mol. The van der Waals surface area contributed by atoms with E-state index in [9.17, 15) is 13.2 Å². The zero-order chi connectivity index (χ0) is 10.8. The van der Waals surface area contributed by atoms with Gasteiger partial charge in [-0.05, 0) is 31.6 Å². The van der Waals surface area contributed by atoms with E-state index >= 15 is 0 Å². The standard InChI is InChI=1S/C9H16O4S/c1-7-2-4-8(5-3-7)14(12,13)6-9(10)11/h7-8H,2-6H2,1H3,(H,10,11). The molecule has 1 rings (SSSR count). The largest absolute Gasteiger partial charge is 0.480 e. The fourth-order valence-corrected chi connectivity index (χ4v) is 3.45. The van der Waals surface area contributed by atoms with Crippen molar-refractivity contribution in [3.63, 3.8) is 0 Å². The van der Waals surface area contributed by atoms with Crippen molar-refractivity contribution in [2.45, 2.75) is 37.9 Å². The van der Waals surface area contributed by atoms with Crippen LogP contribution in [0.5, 0.6) is 0 Å². The summed E-state index contributed by atoms with van der Waals surface area (Å²) in [4.78, 5) is 10.3. The summed E-state index contributed by atoms with van der Waals surface area (Å²) in [7, 11) is -3.41. The zero-order valence-corrected chi connectivity index (χ0v) is 9.09. The number of carboxylic acid groups (broad SMARTS) is 1. The molecule has 1 saturated carbocycles. The monoisotopic (exact) mass is 220 g/mol. The molecule has 0 bridgehead atoms. The number of carboxylic acids is 1. The van der Waals surface area contributed by atoms with Crippen LogP contribution in [0.4, 0.5) is 0 Å². The van der Waals surface area contributed by atoms with Crippen LogP contribution in [-0.4, -0.2) is 30.5 Å². The maximum atomic E-state index is 11.5. The Balaban J connectivity index is 2.60. The van der Waals surface area contributed by atoms with Gasteiger partial charge in [0.05, 0.1) is 5.25 Å². The molecule has 5 heteroatoms. The average Bonchev–Trinajstić information content (AvgIpc) is 2.02. The first-order valence-electron chi connectivity index (χ1n) is 4.85. The number of aliphatic carboxylic acids is 1. The van der Waals surface area contributed by atoms with E-state index in [1.165, 1.54) is 0 Å². The molecule has 14 heavy (non-hydrogen) atoms. The van der Waals surface area contributed by atoms with Crippen molar-refractivity contribution in [2.75, 3.05) is 5.75 Å². The van der Waals surface area contributed by atoms with Crippen LogP contribution in [0.25, 0.3) is 0 Å². The maximum Gasteiger partial charge on any atom is 0.318 e. The quantitative estimate of drug-likeness (QED) is 0.772. The van der Waals surface area contributed by atoms with E-state index in [0.717, 1.165) is 12.8 Å². The van der Waals surface area contributed by atoms with E-state index in [1.807, 2.05) is 0 Å². The highest BCUT2D eigenvalue weighted by molar-refractivity contribution is 7.92. The number of hydrogen-bond acceptors (Lipinski definition) is 3. The first-order chi connectivity index (χ1) is 6.42. The van der Waals surface area contributed by atoms with Crippen molar-refractivity contribution in [3.8, 4) is 0 Å². The normalized spacial score (nSPS) is 28.6. The van der Waals surface area contributed by atoms with E-state index in [1.54, 1.807) is 0 Å². The fourth-order valence-electron chi connectivity index (χ4n) is 1.88. The predicted molar refractivity (Wildman–Crippen MR) is 52.8 cm³/mol. The molecule has 0 aliphatic heterocycles. The van der Waals surface area contributed by atoms with Crippen LogP contribution in [0.1, 0.15) is 32.6 Å². The van der Waals surface area contributed by atoms with E-state index in [-0.39, 0.29) is 0 Å². The Kier molecular flexibility index (Phi) is 3.53. The molecule has 1 aliphatic carbocycles. The molecule has 0 heterocycles. The molecule has 0 aromatic carbocycles. The van der Waals surface area contributed by atoms with Crippen molar-refractivity contribution >= 4 is 15.8 Å². The third-order valence-corrected chi connectivity index (χ3v) is 4.93. The lowest BCUT2D eigenvalue weighted by Crippen LogP contribution is -2.31. The SMILES string of the molecule is CC1CCC(S(=O)(=O)CC(=O)O)CC1. The zero-order valence-electron chi connectivity index (χ0n) is 8.27. The molecule has 1 aliphatic rings. The van der Waals surface area contributed by atoms with Gasteiger partial charge < -0.3 is 5.11 Å². The molecule has 1 N–H and O–H groups in total. The van der Waals surface area contributed by atoms with Crippen molar-refractivity contribution in [1.29, 1.82) is 0 Å². The third kappa shape index (κ3) is 2.97. The minimum Gasteiger partial charge on any atom is -0.480 e. The van der Waals surface area contributed by atoms with E-state index in [2.05, 4.69) is 6.92 Å². The lowest BCUT2D eigenvalue weighted by molar-refractivity contribution is -0.134. The highest BCUT2D eigenvalue weighted by Gasteiger charge is 2.30. The lowest BCUT2D eigenvalue weighted by Gasteiger charge is -2.25. The van der Waals surface area contributed by atoms with E-state index in [4.69, 9.17) is 5.11 Å². The summed E-state index contributed by atoms with van der Waals surface area (Å²) < 4.78 is 23.0. The molecular formula is C9H16O4S. The van der Waals surface area contributed by atoms with Crippen LogP contribution in [0, 0.1) is 5.92 Å². The highest BCUT2D eigenvalue weighted by Crippen LogP contribution is 2.28. The van der Waals surface area contributed by atoms with E-state index in [0.29, 0.717) is 18.8 Å². The van der Waals surface area contributed by atoms with Crippen molar-refractivity contribution in [1.82, 2.24) is 0 Å². The van der Waals surface area contributed by atoms with Crippen LogP contribution < -0.4 is 0 Å². The Morgan fingerprint density at radius 1 is 1.29 bits per heavy atom. The van der Waals surface area contributed by atoms with Gasteiger partial charge in [-0.1, -0.05) is 6.92 Å². The third-order valence-electron chi connectivity index (χ3n) is 2.80. The van der Waals surface area contributed by atoms with Crippen LogP contribution in [0.3, 0.4) is 0 Å². The molecule has 0 aromatic heterocycles. The summed E-state index contributed by atoms with van der Waals surface area (Å²) in [6.45, 7) is 2.10. The maximum absolute atomic E-state index is 11.5. The number of sulfone groups is 1. The second-order valence-corrected chi connectivity index (χ2v) is 6.36. The van der Waals surface area contributed by atoms with Crippen molar-refractivity contribution in [3.05, 3.63) is 0 Å². The Morgan fingerprint density at radius 3 is 2.21 bits per heavy atom. The summed E-state index contributed by atoms with van der Waals surface area (Å²) in [5, 5.41) is 8.03. The molecule has 0 unspecified atom stereocenters. The fraction of sp³-hybridized carbons (Fsp3) is 0.889. The van der Waals surface area contributed by atoms with E-state index < -0.39 is 26.8 Å². The molecule has 0 radical (unpaired) electrons. The summed E-state index contributed by atoms with van der Waals surface area (Å²) in [5.41, 5.74) is 0. The smallest absolute Gasteiger partial charge is 0.318 e.